The lowest BCUT2D eigenvalue weighted by Crippen LogP contribution is -2.10. The van der Waals surface area contributed by atoms with Crippen molar-refractivity contribution in [1.82, 2.24) is 0 Å². The summed E-state index contributed by atoms with van der Waals surface area (Å²) < 4.78 is 0. The van der Waals surface area contributed by atoms with E-state index in [-0.39, 0.29) is 0 Å². The number of hydrogen-bond donors (Lipinski definition) is 0. The molecule has 0 aliphatic heterocycles. The summed E-state index contributed by atoms with van der Waals surface area (Å²) in [5, 5.41) is 0. The summed E-state index contributed by atoms with van der Waals surface area (Å²) in [6.07, 6.45) is 14.7. The Kier molecular flexibility index (Phi) is 4.13. The SMILES string of the molecule is CC=CC1CCC(C=CC)CC1. The quantitative estimate of drug-likeness (QED) is 0.542. The normalized spacial score (nSPS) is 31.8. The third-order valence-corrected chi connectivity index (χ3v) is 2.75. The molecule has 1 aliphatic rings. The molecule has 0 atom stereocenters. The Labute approximate surface area is 76.4 Å². The van der Waals surface area contributed by atoms with Crippen LogP contribution in [0, 0.1) is 11.8 Å². The molecule has 0 saturated heterocycles. The second-order valence-corrected chi connectivity index (χ2v) is 3.73. The summed E-state index contributed by atoms with van der Waals surface area (Å²) in [5.74, 6) is 1.74. The minimum atomic E-state index is 0.872. The fraction of sp³-hybridized carbons (Fsp3) is 0.667. The highest BCUT2D eigenvalue weighted by atomic mass is 14.2. The molecule has 1 fully saturated rings. The van der Waals surface area contributed by atoms with Gasteiger partial charge in [0.1, 0.15) is 0 Å². The highest BCUT2D eigenvalue weighted by Gasteiger charge is 2.16. The summed E-state index contributed by atoms with van der Waals surface area (Å²) in [4.78, 5) is 0. The van der Waals surface area contributed by atoms with Gasteiger partial charge >= 0.3 is 0 Å². The Morgan fingerprint density at radius 2 is 1.08 bits per heavy atom. The van der Waals surface area contributed by atoms with Gasteiger partial charge in [0.2, 0.25) is 0 Å². The van der Waals surface area contributed by atoms with Gasteiger partial charge in [-0.05, 0) is 51.4 Å². The van der Waals surface area contributed by atoms with E-state index >= 15 is 0 Å². The van der Waals surface area contributed by atoms with Gasteiger partial charge in [-0.15, -0.1) is 0 Å². The molecule has 0 amide bonds. The van der Waals surface area contributed by atoms with E-state index in [1.54, 1.807) is 0 Å². The zero-order valence-corrected chi connectivity index (χ0v) is 8.29. The predicted molar refractivity (Wildman–Crippen MR) is 55.1 cm³/mol. The van der Waals surface area contributed by atoms with E-state index in [1.165, 1.54) is 25.7 Å². The lowest BCUT2D eigenvalue weighted by atomic mass is 9.82. The second-order valence-electron chi connectivity index (χ2n) is 3.73. The van der Waals surface area contributed by atoms with Crippen LogP contribution in [0.2, 0.25) is 0 Å². The van der Waals surface area contributed by atoms with Crippen LogP contribution < -0.4 is 0 Å². The molecule has 68 valence electrons. The molecule has 0 bridgehead atoms. The maximum absolute atomic E-state index is 2.37. The monoisotopic (exact) mass is 164 g/mol. The maximum atomic E-state index is 2.37. The van der Waals surface area contributed by atoms with Crippen molar-refractivity contribution in [2.24, 2.45) is 11.8 Å². The number of hydrogen-bond acceptors (Lipinski definition) is 0. The summed E-state index contributed by atoms with van der Waals surface area (Å²) in [6.45, 7) is 4.25. The Balaban J connectivity index is 2.29. The largest absolute Gasteiger partial charge is 0.0914 e. The van der Waals surface area contributed by atoms with Gasteiger partial charge in [-0.1, -0.05) is 24.3 Å². The van der Waals surface area contributed by atoms with Crippen molar-refractivity contribution in [3.05, 3.63) is 24.3 Å². The Hall–Kier alpha value is -0.520. The van der Waals surface area contributed by atoms with Gasteiger partial charge in [0.15, 0.2) is 0 Å². The number of rotatable bonds is 2. The van der Waals surface area contributed by atoms with Gasteiger partial charge in [0, 0.05) is 0 Å². The zero-order chi connectivity index (χ0) is 8.81. The molecule has 0 spiro atoms. The maximum Gasteiger partial charge on any atom is -0.0233 e. The van der Waals surface area contributed by atoms with Crippen molar-refractivity contribution >= 4 is 0 Å². The predicted octanol–water partition coefficient (Wildman–Crippen LogP) is 3.95. The summed E-state index contributed by atoms with van der Waals surface area (Å²) in [6, 6.07) is 0. The van der Waals surface area contributed by atoms with E-state index in [4.69, 9.17) is 0 Å². The topological polar surface area (TPSA) is 0 Å². The van der Waals surface area contributed by atoms with Crippen LogP contribution in [0.1, 0.15) is 39.5 Å². The number of allylic oxidation sites excluding steroid dienone is 4. The molecule has 0 heterocycles. The lowest BCUT2D eigenvalue weighted by molar-refractivity contribution is 0.356. The van der Waals surface area contributed by atoms with Gasteiger partial charge in [-0.25, -0.2) is 0 Å². The lowest BCUT2D eigenvalue weighted by Gasteiger charge is -2.24. The molecule has 0 unspecified atom stereocenters. The molecule has 0 aromatic heterocycles. The van der Waals surface area contributed by atoms with Gasteiger partial charge in [-0.3, -0.25) is 0 Å². The molecule has 0 N–H and O–H groups in total. The Morgan fingerprint density at radius 1 is 0.750 bits per heavy atom. The fourth-order valence-electron chi connectivity index (χ4n) is 2.07. The minimum absolute atomic E-state index is 0.872. The van der Waals surface area contributed by atoms with Crippen LogP contribution in [0.3, 0.4) is 0 Å². The van der Waals surface area contributed by atoms with E-state index in [0.717, 1.165) is 11.8 Å². The molecule has 0 heteroatoms. The van der Waals surface area contributed by atoms with E-state index < -0.39 is 0 Å². The van der Waals surface area contributed by atoms with Gasteiger partial charge in [0.25, 0.3) is 0 Å². The first-order valence-corrected chi connectivity index (χ1v) is 5.12. The Bertz CT molecular complexity index is 137. The Morgan fingerprint density at radius 3 is 1.33 bits per heavy atom. The third kappa shape index (κ3) is 2.84. The second kappa shape index (κ2) is 5.18. The first-order chi connectivity index (χ1) is 5.86. The molecular weight excluding hydrogens is 144 g/mol. The van der Waals surface area contributed by atoms with E-state index in [1.807, 2.05) is 0 Å². The van der Waals surface area contributed by atoms with Crippen LogP contribution in [0.25, 0.3) is 0 Å². The standard InChI is InChI=1S/C12H20/c1-3-5-11-7-9-12(6-4-2)10-8-11/h3-6,11-12H,7-10H2,1-2H3. The first-order valence-electron chi connectivity index (χ1n) is 5.12. The molecule has 0 radical (unpaired) electrons. The average molecular weight is 164 g/mol. The summed E-state index contributed by atoms with van der Waals surface area (Å²) in [5.41, 5.74) is 0. The van der Waals surface area contributed by atoms with Crippen molar-refractivity contribution in [2.45, 2.75) is 39.5 Å². The van der Waals surface area contributed by atoms with Gasteiger partial charge in [0.05, 0.1) is 0 Å². The zero-order valence-electron chi connectivity index (χ0n) is 8.29. The van der Waals surface area contributed by atoms with Crippen LogP contribution in [0.15, 0.2) is 24.3 Å². The summed E-state index contributed by atoms with van der Waals surface area (Å²) in [7, 11) is 0. The van der Waals surface area contributed by atoms with Gasteiger partial charge in [-0.2, -0.15) is 0 Å². The molecule has 1 rings (SSSR count). The van der Waals surface area contributed by atoms with E-state index in [2.05, 4.69) is 38.2 Å². The van der Waals surface area contributed by atoms with E-state index in [9.17, 15) is 0 Å². The molecule has 1 saturated carbocycles. The highest BCUT2D eigenvalue weighted by Crippen LogP contribution is 2.30. The fourth-order valence-corrected chi connectivity index (χ4v) is 2.07. The molecule has 0 aromatic carbocycles. The molecular formula is C12H20. The average Bonchev–Trinajstić information content (AvgIpc) is 2.09. The van der Waals surface area contributed by atoms with Crippen molar-refractivity contribution in [1.29, 1.82) is 0 Å². The molecule has 1 aliphatic carbocycles. The van der Waals surface area contributed by atoms with Gasteiger partial charge < -0.3 is 0 Å². The molecule has 0 nitrogen and oxygen atoms in total. The van der Waals surface area contributed by atoms with Crippen LogP contribution in [0.5, 0.6) is 0 Å². The smallest absolute Gasteiger partial charge is 0.0233 e. The van der Waals surface area contributed by atoms with Crippen LogP contribution in [0.4, 0.5) is 0 Å². The van der Waals surface area contributed by atoms with Crippen molar-refractivity contribution in [3.8, 4) is 0 Å². The third-order valence-electron chi connectivity index (χ3n) is 2.75. The van der Waals surface area contributed by atoms with Crippen molar-refractivity contribution in [3.63, 3.8) is 0 Å². The van der Waals surface area contributed by atoms with Crippen molar-refractivity contribution in [2.75, 3.05) is 0 Å². The summed E-state index contributed by atoms with van der Waals surface area (Å²) >= 11 is 0. The van der Waals surface area contributed by atoms with Crippen LogP contribution in [-0.4, -0.2) is 0 Å². The van der Waals surface area contributed by atoms with Crippen LogP contribution >= 0.6 is 0 Å². The molecule has 0 aromatic rings. The first kappa shape index (κ1) is 9.57. The van der Waals surface area contributed by atoms with E-state index in [0.29, 0.717) is 0 Å². The van der Waals surface area contributed by atoms with Crippen LogP contribution in [-0.2, 0) is 0 Å². The minimum Gasteiger partial charge on any atom is -0.0914 e. The van der Waals surface area contributed by atoms with Crippen molar-refractivity contribution < 1.29 is 0 Å². The highest BCUT2D eigenvalue weighted by molar-refractivity contribution is 4.94. The molecule has 12 heavy (non-hydrogen) atoms.